The van der Waals surface area contributed by atoms with Gasteiger partial charge in [-0.3, -0.25) is 4.79 Å². The van der Waals surface area contributed by atoms with Gasteiger partial charge in [-0.05, 0) is 61.0 Å². The van der Waals surface area contributed by atoms with Gasteiger partial charge in [-0.25, -0.2) is 4.68 Å². The first-order valence-corrected chi connectivity index (χ1v) is 14.8. The zero-order valence-electron chi connectivity index (χ0n) is 21.8. The van der Waals surface area contributed by atoms with Gasteiger partial charge in [-0.1, -0.05) is 77.4 Å². The Balaban J connectivity index is 1.33. The summed E-state index contributed by atoms with van der Waals surface area (Å²) in [7, 11) is 0. The maximum atomic E-state index is 13.4. The Morgan fingerprint density at radius 1 is 0.925 bits per heavy atom. The van der Waals surface area contributed by atoms with Crippen molar-refractivity contribution in [2.45, 2.75) is 26.2 Å². The number of nitrogens with zero attached hydrogens (tertiary/aromatic N) is 5. The predicted molar refractivity (Wildman–Crippen MR) is 163 cm³/mol. The van der Waals surface area contributed by atoms with E-state index in [4.69, 9.17) is 9.84 Å². The summed E-state index contributed by atoms with van der Waals surface area (Å²) in [4.78, 5) is 18.6. The molecule has 0 bridgehead atoms. The molecule has 0 atom stereocenters. The Kier molecular flexibility index (Phi) is 7.57. The van der Waals surface area contributed by atoms with Crippen LogP contribution in [0.5, 0.6) is 5.75 Å². The van der Waals surface area contributed by atoms with Gasteiger partial charge < -0.3 is 4.74 Å². The molecule has 6 rings (SSSR count). The molecule has 7 nitrogen and oxygen atoms in total. The lowest BCUT2D eigenvalue weighted by molar-refractivity contribution is 0.306. The lowest BCUT2D eigenvalue weighted by Crippen LogP contribution is -2.23. The van der Waals surface area contributed by atoms with E-state index >= 15 is 0 Å². The van der Waals surface area contributed by atoms with Crippen LogP contribution in [0.3, 0.4) is 0 Å². The molecule has 40 heavy (non-hydrogen) atoms. The van der Waals surface area contributed by atoms with Crippen LogP contribution in [0.2, 0.25) is 0 Å². The van der Waals surface area contributed by atoms with Gasteiger partial charge >= 0.3 is 0 Å². The number of fused-ring (bicyclic) bond motifs is 1. The molecule has 0 aliphatic carbocycles. The van der Waals surface area contributed by atoms with E-state index in [-0.39, 0.29) is 5.56 Å². The van der Waals surface area contributed by atoms with Gasteiger partial charge in [-0.2, -0.15) is 14.6 Å². The molecule has 0 saturated heterocycles. The molecule has 0 aliphatic heterocycles. The molecular formula is C31H26BrN5O2S. The summed E-state index contributed by atoms with van der Waals surface area (Å²) >= 11 is 4.82. The van der Waals surface area contributed by atoms with Crippen LogP contribution in [0.25, 0.3) is 39.4 Å². The number of benzene rings is 3. The van der Waals surface area contributed by atoms with Crippen molar-refractivity contribution in [3.8, 4) is 34.1 Å². The van der Waals surface area contributed by atoms with E-state index in [0.717, 1.165) is 57.6 Å². The lowest BCUT2D eigenvalue weighted by atomic mass is 10.1. The number of thiazole rings is 1. The summed E-state index contributed by atoms with van der Waals surface area (Å²) in [6, 6.07) is 25.6. The van der Waals surface area contributed by atoms with Crippen molar-refractivity contribution in [1.82, 2.24) is 24.4 Å². The first-order chi connectivity index (χ1) is 19.6. The minimum Gasteiger partial charge on any atom is -0.494 e. The smallest absolute Gasteiger partial charge is 0.291 e. The highest BCUT2D eigenvalue weighted by Gasteiger charge is 2.15. The van der Waals surface area contributed by atoms with Gasteiger partial charge in [0.05, 0.1) is 22.5 Å². The van der Waals surface area contributed by atoms with E-state index in [1.807, 2.05) is 95.8 Å². The number of halogens is 1. The van der Waals surface area contributed by atoms with E-state index in [2.05, 4.69) is 32.9 Å². The third kappa shape index (κ3) is 5.48. The molecule has 0 N–H and O–H groups in total. The molecule has 0 spiro atoms. The summed E-state index contributed by atoms with van der Waals surface area (Å²) in [5, 5.41) is 9.38. The number of ether oxygens (including phenoxy) is 1. The Bertz CT molecular complexity index is 1860. The molecule has 0 saturated carbocycles. The molecule has 9 heteroatoms. The van der Waals surface area contributed by atoms with Crippen LogP contribution < -0.4 is 14.8 Å². The fourth-order valence-electron chi connectivity index (χ4n) is 4.38. The number of hydrogen-bond donors (Lipinski definition) is 0. The van der Waals surface area contributed by atoms with Crippen LogP contribution in [0.4, 0.5) is 0 Å². The molecule has 0 radical (unpaired) electrons. The molecule has 0 unspecified atom stereocenters. The minimum absolute atomic E-state index is 0.205. The summed E-state index contributed by atoms with van der Waals surface area (Å²) in [6.45, 7) is 2.88. The van der Waals surface area contributed by atoms with Crippen molar-refractivity contribution in [1.29, 1.82) is 0 Å². The number of rotatable bonds is 9. The highest BCUT2D eigenvalue weighted by molar-refractivity contribution is 9.10. The monoisotopic (exact) mass is 611 g/mol. The number of para-hydroxylation sites is 1. The molecule has 3 aromatic heterocycles. The van der Waals surface area contributed by atoms with E-state index in [1.165, 1.54) is 15.9 Å². The standard InChI is InChI=1S/C31H26BrN5O2S/c1-2-3-7-18-39-26-16-12-22(13-17-26)29-33-31-37(35-29)30(38)27(40-31)19-23-20-36(25-8-5-4-6-9-25)34-28(23)21-10-14-24(32)15-11-21/h4-6,8-17,19-20H,2-3,7,18H2,1H3/b27-19-. The fourth-order valence-corrected chi connectivity index (χ4v) is 5.54. The summed E-state index contributed by atoms with van der Waals surface area (Å²) in [5.41, 5.74) is 4.14. The second-order valence-corrected chi connectivity index (χ2v) is 11.3. The second-order valence-electron chi connectivity index (χ2n) is 9.35. The minimum atomic E-state index is -0.205. The second kappa shape index (κ2) is 11.6. The molecule has 6 aromatic rings. The van der Waals surface area contributed by atoms with E-state index in [1.54, 1.807) is 0 Å². The Labute approximate surface area is 243 Å². The Morgan fingerprint density at radius 2 is 1.68 bits per heavy atom. The third-order valence-corrected chi connectivity index (χ3v) is 7.97. The van der Waals surface area contributed by atoms with Crippen molar-refractivity contribution in [2.75, 3.05) is 6.61 Å². The summed E-state index contributed by atoms with van der Waals surface area (Å²) in [5.74, 6) is 1.33. The highest BCUT2D eigenvalue weighted by Crippen LogP contribution is 2.26. The van der Waals surface area contributed by atoms with E-state index in [0.29, 0.717) is 21.9 Å². The zero-order chi connectivity index (χ0) is 27.5. The van der Waals surface area contributed by atoms with Gasteiger partial charge in [-0.15, -0.1) is 5.10 Å². The van der Waals surface area contributed by atoms with Crippen LogP contribution in [0.1, 0.15) is 31.7 Å². The maximum Gasteiger partial charge on any atom is 0.291 e. The molecule has 0 amide bonds. The van der Waals surface area contributed by atoms with Crippen LogP contribution in [0, 0.1) is 0 Å². The van der Waals surface area contributed by atoms with E-state index < -0.39 is 0 Å². The van der Waals surface area contributed by atoms with Crippen LogP contribution in [-0.2, 0) is 0 Å². The Morgan fingerprint density at radius 3 is 2.40 bits per heavy atom. The normalized spacial score (nSPS) is 11.9. The average Bonchev–Trinajstić information content (AvgIpc) is 3.67. The van der Waals surface area contributed by atoms with Crippen LogP contribution in [-0.4, -0.2) is 31.0 Å². The van der Waals surface area contributed by atoms with Gasteiger partial charge in [0.2, 0.25) is 4.96 Å². The molecule has 0 aliphatic rings. The topological polar surface area (TPSA) is 74.3 Å². The number of hydrogen-bond acceptors (Lipinski definition) is 6. The largest absolute Gasteiger partial charge is 0.494 e. The first kappa shape index (κ1) is 26.2. The van der Waals surface area contributed by atoms with Gasteiger partial charge in [0, 0.05) is 27.4 Å². The molecular weight excluding hydrogens is 586 g/mol. The molecule has 3 heterocycles. The summed E-state index contributed by atoms with van der Waals surface area (Å²) < 4.78 is 10.5. The summed E-state index contributed by atoms with van der Waals surface area (Å²) in [6.07, 6.45) is 7.18. The van der Waals surface area contributed by atoms with Crippen LogP contribution >= 0.6 is 27.3 Å². The number of unbranched alkanes of at least 4 members (excludes halogenated alkanes) is 2. The van der Waals surface area contributed by atoms with Crippen molar-refractivity contribution < 1.29 is 4.74 Å². The zero-order valence-corrected chi connectivity index (χ0v) is 24.2. The average molecular weight is 613 g/mol. The van der Waals surface area contributed by atoms with Gasteiger partial charge in [0.25, 0.3) is 5.56 Å². The first-order valence-electron chi connectivity index (χ1n) is 13.1. The lowest BCUT2D eigenvalue weighted by Gasteiger charge is -2.05. The van der Waals surface area contributed by atoms with Crippen molar-refractivity contribution >= 4 is 38.3 Å². The maximum absolute atomic E-state index is 13.4. The molecule has 200 valence electrons. The Hall–Kier alpha value is -4.08. The fraction of sp³-hybridized carbons (Fsp3) is 0.161. The number of aromatic nitrogens is 5. The van der Waals surface area contributed by atoms with Crippen molar-refractivity contribution in [3.63, 3.8) is 0 Å². The highest BCUT2D eigenvalue weighted by atomic mass is 79.9. The van der Waals surface area contributed by atoms with Gasteiger partial charge in [0.15, 0.2) is 5.82 Å². The third-order valence-electron chi connectivity index (χ3n) is 6.48. The van der Waals surface area contributed by atoms with Crippen LogP contribution in [0.15, 0.2) is 94.3 Å². The molecule has 3 aromatic carbocycles. The van der Waals surface area contributed by atoms with Crippen molar-refractivity contribution in [3.05, 3.63) is 110 Å². The SMILES string of the molecule is CCCCCOc1ccc(-c2nc3s/c(=C\c4cn(-c5ccccc5)nc4-c4ccc(Br)cc4)c(=O)n3n2)cc1. The predicted octanol–water partition coefficient (Wildman–Crippen LogP) is 6.55. The van der Waals surface area contributed by atoms with E-state index in [9.17, 15) is 4.79 Å². The quantitative estimate of drug-likeness (QED) is 0.173. The molecule has 0 fully saturated rings. The van der Waals surface area contributed by atoms with Crippen molar-refractivity contribution in [2.24, 2.45) is 0 Å². The van der Waals surface area contributed by atoms with Gasteiger partial charge in [0.1, 0.15) is 5.75 Å².